The van der Waals surface area contributed by atoms with Crippen molar-refractivity contribution in [2.24, 2.45) is 10.9 Å². The highest BCUT2D eigenvalue weighted by Gasteiger charge is 2.32. The van der Waals surface area contributed by atoms with Crippen LogP contribution >= 0.6 is 0 Å². The van der Waals surface area contributed by atoms with Crippen molar-refractivity contribution in [2.45, 2.75) is 76.3 Å². The highest BCUT2D eigenvalue weighted by Crippen LogP contribution is 2.27. The minimum Gasteiger partial charge on any atom is -0.352 e. The summed E-state index contributed by atoms with van der Waals surface area (Å²) in [4.78, 5) is 30.9. The van der Waals surface area contributed by atoms with Crippen molar-refractivity contribution in [3.63, 3.8) is 0 Å². The fourth-order valence-corrected chi connectivity index (χ4v) is 4.59. The molecule has 2 amide bonds. The molecule has 1 saturated heterocycles. The Bertz CT molecular complexity index is 538. The summed E-state index contributed by atoms with van der Waals surface area (Å²) in [5.74, 6) is 1.22. The molecule has 1 heterocycles. The number of rotatable bonds is 5. The molecule has 2 saturated carbocycles. The molecular weight excluding hydrogens is 342 g/mol. The van der Waals surface area contributed by atoms with E-state index in [0.29, 0.717) is 17.9 Å². The summed E-state index contributed by atoms with van der Waals surface area (Å²) < 4.78 is 0. The van der Waals surface area contributed by atoms with Gasteiger partial charge in [-0.05, 0) is 32.1 Å². The number of guanidine groups is 1. The fourth-order valence-electron chi connectivity index (χ4n) is 4.59. The van der Waals surface area contributed by atoms with Gasteiger partial charge < -0.3 is 20.9 Å². The van der Waals surface area contributed by atoms with Crippen LogP contribution in [0.15, 0.2) is 4.99 Å². The second kappa shape index (κ2) is 9.95. The zero-order valence-corrected chi connectivity index (χ0v) is 16.6. The number of aliphatic imine (C=N–C) groups is 1. The average Bonchev–Trinajstić information content (AvgIpc) is 3.37. The molecule has 3 N–H and O–H groups in total. The van der Waals surface area contributed by atoms with Crippen LogP contribution in [-0.2, 0) is 9.59 Å². The van der Waals surface area contributed by atoms with Crippen molar-refractivity contribution in [1.29, 1.82) is 0 Å². The van der Waals surface area contributed by atoms with Crippen LogP contribution in [0.25, 0.3) is 0 Å². The Balaban J connectivity index is 1.37. The summed E-state index contributed by atoms with van der Waals surface area (Å²) in [5, 5.41) is 9.58. The van der Waals surface area contributed by atoms with Crippen molar-refractivity contribution < 1.29 is 9.59 Å². The van der Waals surface area contributed by atoms with E-state index < -0.39 is 0 Å². The van der Waals surface area contributed by atoms with Gasteiger partial charge in [0.1, 0.15) is 0 Å². The van der Waals surface area contributed by atoms with Gasteiger partial charge in [0.2, 0.25) is 11.8 Å². The summed E-state index contributed by atoms with van der Waals surface area (Å²) in [7, 11) is 1.71. The maximum Gasteiger partial charge on any atom is 0.239 e. The Morgan fingerprint density at radius 2 is 1.63 bits per heavy atom. The fraction of sp³-hybridized carbons (Fsp3) is 0.850. The zero-order chi connectivity index (χ0) is 19.1. The zero-order valence-electron chi connectivity index (χ0n) is 16.6. The molecule has 2 aliphatic carbocycles. The maximum atomic E-state index is 12.6. The van der Waals surface area contributed by atoms with Crippen LogP contribution in [0.5, 0.6) is 0 Å². The second-order valence-corrected chi connectivity index (χ2v) is 8.22. The maximum absolute atomic E-state index is 12.6. The lowest BCUT2D eigenvalue weighted by molar-refractivity contribution is -0.134. The SMILES string of the molecule is CN=C(NCC(=O)NC1CCCCC1)NC1CCN(C(=O)C2CCCC2)C1. The van der Waals surface area contributed by atoms with E-state index in [9.17, 15) is 9.59 Å². The predicted molar refractivity (Wildman–Crippen MR) is 106 cm³/mol. The molecule has 0 aromatic rings. The number of hydrogen-bond acceptors (Lipinski definition) is 3. The van der Waals surface area contributed by atoms with Gasteiger partial charge in [0, 0.05) is 38.1 Å². The Morgan fingerprint density at radius 1 is 0.926 bits per heavy atom. The minimum atomic E-state index is 0.0225. The molecule has 3 fully saturated rings. The smallest absolute Gasteiger partial charge is 0.239 e. The standard InChI is InChI=1S/C20H35N5O2/c1-21-20(22-13-18(26)23-16-9-3-2-4-10-16)24-17-11-12-25(14-17)19(27)15-7-5-6-8-15/h15-17H,2-14H2,1H3,(H,23,26)(H2,21,22,24). The third-order valence-electron chi connectivity index (χ3n) is 6.16. The van der Waals surface area contributed by atoms with Gasteiger partial charge in [0.05, 0.1) is 6.54 Å². The summed E-state index contributed by atoms with van der Waals surface area (Å²) >= 11 is 0. The number of nitrogens with zero attached hydrogens (tertiary/aromatic N) is 2. The lowest BCUT2D eigenvalue weighted by Crippen LogP contribution is -2.49. The van der Waals surface area contributed by atoms with Gasteiger partial charge in [0.15, 0.2) is 5.96 Å². The Labute approximate surface area is 162 Å². The Kier molecular flexibility index (Phi) is 7.35. The van der Waals surface area contributed by atoms with Gasteiger partial charge in [-0.2, -0.15) is 0 Å². The molecule has 0 aromatic heterocycles. The largest absolute Gasteiger partial charge is 0.352 e. The molecule has 7 nitrogen and oxygen atoms in total. The summed E-state index contributed by atoms with van der Waals surface area (Å²) in [5.41, 5.74) is 0. The molecule has 1 atom stereocenters. The molecule has 3 aliphatic rings. The van der Waals surface area contributed by atoms with E-state index in [1.807, 2.05) is 4.90 Å². The number of nitrogens with one attached hydrogen (secondary N) is 3. The molecule has 3 rings (SSSR count). The van der Waals surface area contributed by atoms with Crippen molar-refractivity contribution >= 4 is 17.8 Å². The van der Waals surface area contributed by atoms with Crippen molar-refractivity contribution in [2.75, 3.05) is 26.7 Å². The lowest BCUT2D eigenvalue weighted by atomic mass is 9.95. The molecule has 0 bridgehead atoms. The summed E-state index contributed by atoms with van der Waals surface area (Å²) in [6, 6.07) is 0.524. The van der Waals surface area contributed by atoms with E-state index in [0.717, 1.165) is 45.2 Å². The van der Waals surface area contributed by atoms with E-state index in [2.05, 4.69) is 20.9 Å². The highest BCUT2D eigenvalue weighted by atomic mass is 16.2. The topological polar surface area (TPSA) is 85.8 Å². The van der Waals surface area contributed by atoms with Gasteiger partial charge in [-0.25, -0.2) is 0 Å². The highest BCUT2D eigenvalue weighted by molar-refractivity contribution is 5.86. The van der Waals surface area contributed by atoms with Gasteiger partial charge in [-0.1, -0.05) is 32.1 Å². The Morgan fingerprint density at radius 3 is 2.33 bits per heavy atom. The summed E-state index contributed by atoms with van der Waals surface area (Å²) in [6.07, 6.45) is 11.3. The number of carbonyl (C=O) groups is 2. The lowest BCUT2D eigenvalue weighted by Gasteiger charge is -2.23. The van der Waals surface area contributed by atoms with Crippen LogP contribution in [0.2, 0.25) is 0 Å². The first-order chi connectivity index (χ1) is 13.2. The Hall–Kier alpha value is -1.79. The van der Waals surface area contributed by atoms with Crippen LogP contribution in [-0.4, -0.2) is 61.4 Å². The number of hydrogen-bond donors (Lipinski definition) is 3. The van der Waals surface area contributed by atoms with E-state index in [4.69, 9.17) is 0 Å². The minimum absolute atomic E-state index is 0.0225. The van der Waals surface area contributed by atoms with E-state index >= 15 is 0 Å². The number of likely N-dealkylation sites (tertiary alicyclic amines) is 1. The van der Waals surface area contributed by atoms with Gasteiger partial charge in [-0.3, -0.25) is 14.6 Å². The molecule has 1 unspecified atom stereocenters. The van der Waals surface area contributed by atoms with Crippen molar-refractivity contribution in [3.05, 3.63) is 0 Å². The third kappa shape index (κ3) is 5.84. The van der Waals surface area contributed by atoms with Crippen LogP contribution in [0.4, 0.5) is 0 Å². The van der Waals surface area contributed by atoms with Crippen LogP contribution < -0.4 is 16.0 Å². The van der Waals surface area contributed by atoms with Crippen LogP contribution in [0, 0.1) is 5.92 Å². The van der Waals surface area contributed by atoms with Crippen molar-refractivity contribution in [3.8, 4) is 0 Å². The molecule has 152 valence electrons. The molecule has 7 heteroatoms. The first-order valence-corrected chi connectivity index (χ1v) is 10.7. The second-order valence-electron chi connectivity index (χ2n) is 8.22. The van der Waals surface area contributed by atoms with Crippen molar-refractivity contribution in [1.82, 2.24) is 20.9 Å². The van der Waals surface area contributed by atoms with E-state index in [1.165, 1.54) is 32.1 Å². The quantitative estimate of drug-likeness (QED) is 0.499. The number of amides is 2. The monoisotopic (exact) mass is 377 g/mol. The van der Waals surface area contributed by atoms with E-state index in [-0.39, 0.29) is 24.4 Å². The predicted octanol–water partition coefficient (Wildman–Crippen LogP) is 1.39. The molecule has 0 spiro atoms. The van der Waals surface area contributed by atoms with E-state index in [1.54, 1.807) is 7.05 Å². The van der Waals surface area contributed by atoms with Gasteiger partial charge in [0.25, 0.3) is 0 Å². The molecule has 0 radical (unpaired) electrons. The number of carbonyl (C=O) groups excluding carboxylic acids is 2. The van der Waals surface area contributed by atoms with Crippen LogP contribution in [0.1, 0.15) is 64.2 Å². The van der Waals surface area contributed by atoms with Crippen LogP contribution in [0.3, 0.4) is 0 Å². The molecule has 0 aromatic carbocycles. The first kappa shape index (κ1) is 20.0. The molecular formula is C20H35N5O2. The normalized spacial score (nSPS) is 24.9. The first-order valence-electron chi connectivity index (χ1n) is 10.7. The molecule has 1 aliphatic heterocycles. The molecule has 27 heavy (non-hydrogen) atoms. The third-order valence-corrected chi connectivity index (χ3v) is 6.16. The summed E-state index contributed by atoms with van der Waals surface area (Å²) in [6.45, 7) is 1.77. The van der Waals surface area contributed by atoms with Gasteiger partial charge in [-0.15, -0.1) is 0 Å². The van der Waals surface area contributed by atoms with Gasteiger partial charge >= 0.3 is 0 Å². The average molecular weight is 378 g/mol.